The molecule has 0 atom stereocenters. The highest BCUT2D eigenvalue weighted by atomic mass is 16.5. The molecule has 9 heteroatoms. The van der Waals surface area contributed by atoms with Gasteiger partial charge in [-0.2, -0.15) is 10.5 Å². The van der Waals surface area contributed by atoms with E-state index in [1.165, 1.54) is 11.8 Å². The molecular formula is C28H34N4O5. The van der Waals surface area contributed by atoms with Crippen LogP contribution in [-0.2, 0) is 23.8 Å². The molecule has 3 N–H and O–H groups in total. The maximum atomic E-state index is 11.3. The summed E-state index contributed by atoms with van der Waals surface area (Å²) in [6.07, 6.45) is 2.46. The summed E-state index contributed by atoms with van der Waals surface area (Å²) >= 11 is 0. The van der Waals surface area contributed by atoms with Gasteiger partial charge in [-0.25, -0.2) is 9.59 Å². The van der Waals surface area contributed by atoms with E-state index in [1.807, 2.05) is 62.4 Å². The van der Waals surface area contributed by atoms with Crippen LogP contribution in [0.4, 0.5) is 11.4 Å². The number of carbonyl (C=O) groups excluding carboxylic acids is 2. The molecule has 0 radical (unpaired) electrons. The molecule has 0 aliphatic carbocycles. The predicted molar refractivity (Wildman–Crippen MR) is 143 cm³/mol. The van der Waals surface area contributed by atoms with Crippen LogP contribution in [0.1, 0.15) is 31.9 Å². The Morgan fingerprint density at radius 2 is 1.27 bits per heavy atom. The molecule has 0 saturated heterocycles. The van der Waals surface area contributed by atoms with Gasteiger partial charge in [0.1, 0.15) is 18.4 Å². The quantitative estimate of drug-likeness (QED) is 0.167. The normalized spacial score (nSPS) is 10.1. The second kappa shape index (κ2) is 19.5. The molecule has 0 aromatic heterocycles. The van der Waals surface area contributed by atoms with E-state index >= 15 is 0 Å². The Morgan fingerprint density at radius 1 is 0.811 bits per heavy atom. The molecule has 0 fully saturated rings. The molecule has 0 unspecified atom stereocenters. The van der Waals surface area contributed by atoms with Crippen LogP contribution in [0, 0.1) is 36.5 Å². The zero-order valence-corrected chi connectivity index (χ0v) is 21.9. The maximum absolute atomic E-state index is 11.3. The van der Waals surface area contributed by atoms with Crippen LogP contribution < -0.4 is 11.1 Å². The number of benzene rings is 2. The summed E-state index contributed by atoms with van der Waals surface area (Å²) in [5.41, 5.74) is 9.30. The lowest BCUT2D eigenvalue weighted by Gasteiger charge is -2.03. The predicted octanol–water partition coefficient (Wildman–Crippen LogP) is 4.95. The monoisotopic (exact) mass is 506 g/mol. The van der Waals surface area contributed by atoms with Crippen molar-refractivity contribution in [3.8, 4) is 12.1 Å². The number of nitrogens with one attached hydrogen (secondary N) is 1. The fourth-order valence-corrected chi connectivity index (χ4v) is 2.21. The summed E-state index contributed by atoms with van der Waals surface area (Å²) in [5, 5.41) is 20.1. The first-order valence-corrected chi connectivity index (χ1v) is 11.5. The summed E-state index contributed by atoms with van der Waals surface area (Å²) < 4.78 is 14.1. The average Bonchev–Trinajstić information content (AvgIpc) is 2.89. The number of rotatable bonds is 8. The lowest BCUT2D eigenvalue weighted by molar-refractivity contribution is -0.139. The fraction of sp³-hybridized carbons (Fsp3) is 0.286. The molecule has 0 aliphatic rings. The molecule has 2 rings (SSSR count). The van der Waals surface area contributed by atoms with E-state index in [0.717, 1.165) is 23.2 Å². The molecule has 0 spiro atoms. The van der Waals surface area contributed by atoms with Crippen molar-refractivity contribution in [3.63, 3.8) is 0 Å². The molecule has 0 amide bonds. The van der Waals surface area contributed by atoms with E-state index in [4.69, 9.17) is 25.7 Å². The number of esters is 2. The van der Waals surface area contributed by atoms with Crippen molar-refractivity contribution in [2.75, 3.05) is 30.9 Å². The molecule has 2 aromatic rings. The number of nitrogen functional groups attached to an aromatic ring is 1. The highest BCUT2D eigenvalue weighted by Crippen LogP contribution is 2.09. The van der Waals surface area contributed by atoms with E-state index in [-0.39, 0.29) is 24.4 Å². The summed E-state index contributed by atoms with van der Waals surface area (Å²) in [6, 6.07) is 18.9. The number of anilines is 2. The van der Waals surface area contributed by atoms with E-state index in [2.05, 4.69) is 10.1 Å². The van der Waals surface area contributed by atoms with Gasteiger partial charge in [0.25, 0.3) is 0 Å². The summed E-state index contributed by atoms with van der Waals surface area (Å²) in [6.45, 7) is 10.1. The first-order chi connectivity index (χ1) is 17.7. The number of nitrogens with zero attached hydrogens (tertiary/aromatic N) is 2. The van der Waals surface area contributed by atoms with Gasteiger partial charge < -0.3 is 25.3 Å². The van der Waals surface area contributed by atoms with Gasteiger partial charge in [0.15, 0.2) is 11.1 Å². The van der Waals surface area contributed by atoms with Crippen LogP contribution in [0.25, 0.3) is 0 Å². The third-order valence-electron chi connectivity index (χ3n) is 4.11. The summed E-state index contributed by atoms with van der Waals surface area (Å²) in [4.78, 5) is 22.2. The van der Waals surface area contributed by atoms with Crippen molar-refractivity contribution < 1.29 is 23.8 Å². The van der Waals surface area contributed by atoms with Crippen molar-refractivity contribution in [1.82, 2.24) is 0 Å². The second-order valence-electron chi connectivity index (χ2n) is 7.13. The second-order valence-corrected chi connectivity index (χ2v) is 7.13. The van der Waals surface area contributed by atoms with Crippen LogP contribution in [0.5, 0.6) is 0 Å². The molecule has 2 aromatic carbocycles. The first kappa shape index (κ1) is 32.2. The van der Waals surface area contributed by atoms with E-state index in [1.54, 1.807) is 32.9 Å². The van der Waals surface area contributed by atoms with Crippen molar-refractivity contribution in [3.05, 3.63) is 83.3 Å². The maximum Gasteiger partial charge on any atom is 0.352 e. The zero-order chi connectivity index (χ0) is 28.1. The lowest BCUT2D eigenvalue weighted by atomic mass is 10.2. The minimum absolute atomic E-state index is 0.0487. The summed E-state index contributed by atoms with van der Waals surface area (Å²) in [7, 11) is 0. The molecule has 9 nitrogen and oxygen atoms in total. The van der Waals surface area contributed by atoms with Gasteiger partial charge in [0.2, 0.25) is 0 Å². The van der Waals surface area contributed by atoms with Gasteiger partial charge in [-0.05, 0) is 58.9 Å². The number of hydrogen-bond acceptors (Lipinski definition) is 9. The molecule has 0 saturated carbocycles. The van der Waals surface area contributed by atoms with Crippen LogP contribution in [0.3, 0.4) is 0 Å². The first-order valence-electron chi connectivity index (χ1n) is 11.5. The SMILES string of the molecule is CCO/C=C(/C#N)C(=O)OCC.CCOC(=O)/C(C#N)=C/Nc1ccc(C)cc1.Cc1ccc(N)cc1. The Hall–Kier alpha value is -4.76. The lowest BCUT2D eigenvalue weighted by Crippen LogP contribution is -2.07. The van der Waals surface area contributed by atoms with Crippen molar-refractivity contribution in [2.45, 2.75) is 34.6 Å². The van der Waals surface area contributed by atoms with Gasteiger partial charge in [-0.15, -0.1) is 0 Å². The number of hydrogen-bond donors (Lipinski definition) is 2. The van der Waals surface area contributed by atoms with Crippen LogP contribution in [0.2, 0.25) is 0 Å². The minimum atomic E-state index is -0.645. The van der Waals surface area contributed by atoms with Crippen LogP contribution in [0.15, 0.2) is 72.1 Å². The van der Waals surface area contributed by atoms with Gasteiger partial charge >= 0.3 is 11.9 Å². The Labute approximate surface area is 218 Å². The Bertz CT molecular complexity index is 1090. The Morgan fingerprint density at radius 3 is 1.68 bits per heavy atom. The van der Waals surface area contributed by atoms with Crippen molar-refractivity contribution in [2.24, 2.45) is 0 Å². The van der Waals surface area contributed by atoms with Gasteiger partial charge in [0.05, 0.1) is 19.8 Å². The highest BCUT2D eigenvalue weighted by molar-refractivity contribution is 5.93. The standard InChI is InChI=1S/C13H14N2O2.C8H11NO3.C7H9N/c1-3-17-13(16)11(8-14)9-15-12-6-4-10(2)5-7-12;1-3-11-6-7(5-9)8(10)12-4-2;1-6-2-4-7(8)5-3-6/h4-7,9,15H,3H2,1-2H3;6H,3-4H2,1-2H3;2-5H,8H2,1H3/b11-9+;7-6-;. The number of aryl methyl sites for hydroxylation is 2. The Balaban J connectivity index is 0.000000564. The fourth-order valence-electron chi connectivity index (χ4n) is 2.21. The topological polar surface area (TPSA) is 147 Å². The smallest absolute Gasteiger partial charge is 0.352 e. The molecular weight excluding hydrogens is 472 g/mol. The van der Waals surface area contributed by atoms with Gasteiger partial charge in [-0.3, -0.25) is 0 Å². The minimum Gasteiger partial charge on any atom is -0.500 e. The summed E-state index contributed by atoms with van der Waals surface area (Å²) in [5.74, 6) is -1.26. The van der Waals surface area contributed by atoms with Gasteiger partial charge in [-0.1, -0.05) is 35.4 Å². The molecule has 37 heavy (non-hydrogen) atoms. The number of nitrogens with two attached hydrogens (primary N) is 1. The van der Waals surface area contributed by atoms with E-state index < -0.39 is 11.9 Å². The number of carbonyl (C=O) groups is 2. The average molecular weight is 507 g/mol. The molecule has 196 valence electrons. The van der Waals surface area contributed by atoms with Crippen LogP contribution in [-0.4, -0.2) is 31.8 Å². The number of ether oxygens (including phenoxy) is 3. The van der Waals surface area contributed by atoms with Crippen molar-refractivity contribution in [1.29, 1.82) is 10.5 Å². The zero-order valence-electron chi connectivity index (χ0n) is 21.9. The number of nitriles is 2. The highest BCUT2D eigenvalue weighted by Gasteiger charge is 2.09. The molecule has 0 heterocycles. The van der Waals surface area contributed by atoms with E-state index in [9.17, 15) is 9.59 Å². The molecule has 0 bridgehead atoms. The van der Waals surface area contributed by atoms with Crippen molar-refractivity contribution >= 4 is 23.3 Å². The van der Waals surface area contributed by atoms with Crippen LogP contribution >= 0.6 is 0 Å². The third kappa shape index (κ3) is 15.0. The molecule has 0 aliphatic heterocycles. The Kier molecular flexibility index (Phi) is 17.0. The van der Waals surface area contributed by atoms with E-state index in [0.29, 0.717) is 6.61 Å². The largest absolute Gasteiger partial charge is 0.500 e. The van der Waals surface area contributed by atoms with Gasteiger partial charge in [0, 0.05) is 17.6 Å². The third-order valence-corrected chi connectivity index (χ3v) is 4.11.